The van der Waals surface area contributed by atoms with Gasteiger partial charge in [0.2, 0.25) is 0 Å². The molecule has 0 aliphatic rings. The molecule has 0 atom stereocenters. The topological polar surface area (TPSA) is 76.3 Å². The van der Waals surface area contributed by atoms with Crippen molar-refractivity contribution in [3.63, 3.8) is 0 Å². The lowest BCUT2D eigenvalue weighted by Crippen LogP contribution is -2.29. The Morgan fingerprint density at radius 1 is 1.14 bits per heavy atom. The number of aromatic nitrogens is 2. The van der Waals surface area contributed by atoms with Crippen molar-refractivity contribution in [2.45, 2.75) is 33.2 Å². The number of carbonyl (C=O) groups is 1. The molecule has 2 aromatic carbocycles. The first-order valence-corrected chi connectivity index (χ1v) is 9.12. The third-order valence-electron chi connectivity index (χ3n) is 4.40. The molecule has 0 unspecified atom stereocenters. The summed E-state index contributed by atoms with van der Waals surface area (Å²) in [6.07, 6.45) is 1.67. The van der Waals surface area contributed by atoms with Crippen LogP contribution in [0.25, 0.3) is 10.8 Å². The summed E-state index contributed by atoms with van der Waals surface area (Å²) in [5.41, 5.74) is 2.93. The molecule has 0 aliphatic carbocycles. The number of carbonyl (C=O) groups excluding carboxylic acids is 1. The van der Waals surface area contributed by atoms with Gasteiger partial charge in [-0.25, -0.2) is 14.5 Å². The summed E-state index contributed by atoms with van der Waals surface area (Å²) < 4.78 is 15.2. The van der Waals surface area contributed by atoms with E-state index in [4.69, 9.17) is 0 Å². The quantitative estimate of drug-likeness (QED) is 0.525. The van der Waals surface area contributed by atoms with Crippen molar-refractivity contribution in [3.8, 4) is 0 Å². The van der Waals surface area contributed by atoms with E-state index in [0.717, 1.165) is 12.8 Å². The molecule has 0 radical (unpaired) electrons. The third-order valence-corrected chi connectivity index (χ3v) is 4.40. The molecule has 3 rings (SSSR count). The highest BCUT2D eigenvalue weighted by atomic mass is 19.1. The van der Waals surface area contributed by atoms with Crippen molar-refractivity contribution in [2.75, 3.05) is 0 Å². The zero-order valence-electron chi connectivity index (χ0n) is 15.8. The molecule has 1 amide bonds. The second-order valence-corrected chi connectivity index (χ2v) is 6.39. The summed E-state index contributed by atoms with van der Waals surface area (Å²) in [7, 11) is 0. The SMILES string of the molecule is CCCCn1nc(C(=O)N/N=C(/C)c2ccccc2F)c2ccccc2c1=O. The van der Waals surface area contributed by atoms with E-state index in [1.165, 1.54) is 10.7 Å². The summed E-state index contributed by atoms with van der Waals surface area (Å²) in [5, 5.41) is 9.14. The number of hydrazone groups is 1. The molecule has 6 nitrogen and oxygen atoms in total. The van der Waals surface area contributed by atoms with Gasteiger partial charge in [0.1, 0.15) is 5.82 Å². The van der Waals surface area contributed by atoms with Gasteiger partial charge in [0.05, 0.1) is 11.1 Å². The van der Waals surface area contributed by atoms with E-state index in [1.807, 2.05) is 6.92 Å². The van der Waals surface area contributed by atoms with Gasteiger partial charge in [-0.3, -0.25) is 9.59 Å². The summed E-state index contributed by atoms with van der Waals surface area (Å²) in [6.45, 7) is 4.05. The van der Waals surface area contributed by atoms with Gasteiger partial charge in [-0.1, -0.05) is 49.7 Å². The minimum absolute atomic E-state index is 0.108. The zero-order valence-corrected chi connectivity index (χ0v) is 15.8. The Balaban J connectivity index is 1.97. The highest BCUT2D eigenvalue weighted by Crippen LogP contribution is 2.14. The molecule has 0 saturated carbocycles. The maximum atomic E-state index is 13.9. The lowest BCUT2D eigenvalue weighted by Gasteiger charge is -2.10. The van der Waals surface area contributed by atoms with E-state index in [2.05, 4.69) is 15.6 Å². The number of unbranched alkanes of at least 4 members (excludes halogenated alkanes) is 1. The van der Waals surface area contributed by atoms with Crippen LogP contribution in [-0.4, -0.2) is 21.4 Å². The Hall–Kier alpha value is -3.35. The van der Waals surface area contributed by atoms with Crippen LogP contribution < -0.4 is 11.0 Å². The number of fused-ring (bicyclic) bond motifs is 1. The number of amides is 1. The number of rotatable bonds is 6. The van der Waals surface area contributed by atoms with Crippen LogP contribution in [0.5, 0.6) is 0 Å². The van der Waals surface area contributed by atoms with Crippen molar-refractivity contribution in [2.24, 2.45) is 5.10 Å². The fourth-order valence-electron chi connectivity index (χ4n) is 2.86. The average Bonchev–Trinajstić information content (AvgIpc) is 2.72. The van der Waals surface area contributed by atoms with Crippen LogP contribution in [0.15, 0.2) is 58.4 Å². The van der Waals surface area contributed by atoms with Gasteiger partial charge in [0, 0.05) is 17.5 Å². The largest absolute Gasteiger partial charge is 0.292 e. The molecule has 0 aliphatic heterocycles. The number of hydrogen-bond donors (Lipinski definition) is 1. The van der Waals surface area contributed by atoms with Crippen molar-refractivity contribution >= 4 is 22.4 Å². The van der Waals surface area contributed by atoms with Crippen LogP contribution in [0.4, 0.5) is 4.39 Å². The van der Waals surface area contributed by atoms with Gasteiger partial charge in [-0.15, -0.1) is 0 Å². The van der Waals surface area contributed by atoms with E-state index in [-0.39, 0.29) is 11.3 Å². The number of nitrogens with one attached hydrogen (secondary N) is 1. The molecule has 144 valence electrons. The molecule has 1 N–H and O–H groups in total. The van der Waals surface area contributed by atoms with Gasteiger partial charge < -0.3 is 0 Å². The van der Waals surface area contributed by atoms with Gasteiger partial charge in [-0.05, 0) is 25.5 Å². The highest BCUT2D eigenvalue weighted by molar-refractivity contribution is 6.06. The number of nitrogens with zero attached hydrogens (tertiary/aromatic N) is 3. The first-order chi connectivity index (χ1) is 13.5. The van der Waals surface area contributed by atoms with E-state index in [9.17, 15) is 14.0 Å². The fraction of sp³-hybridized carbons (Fsp3) is 0.238. The first kappa shape index (κ1) is 19.4. The summed E-state index contributed by atoms with van der Waals surface area (Å²) >= 11 is 0. The molecule has 0 fully saturated rings. The molecule has 3 aromatic rings. The zero-order chi connectivity index (χ0) is 20.1. The van der Waals surface area contributed by atoms with Crippen LogP contribution in [0.2, 0.25) is 0 Å². The molecule has 1 aromatic heterocycles. The van der Waals surface area contributed by atoms with Gasteiger partial charge >= 0.3 is 0 Å². The summed E-state index contributed by atoms with van der Waals surface area (Å²) in [4.78, 5) is 25.3. The number of halogens is 1. The van der Waals surface area contributed by atoms with Gasteiger partial charge in [-0.2, -0.15) is 10.2 Å². The van der Waals surface area contributed by atoms with Crippen LogP contribution >= 0.6 is 0 Å². The van der Waals surface area contributed by atoms with E-state index in [0.29, 0.717) is 28.6 Å². The Morgan fingerprint density at radius 3 is 2.54 bits per heavy atom. The third kappa shape index (κ3) is 3.98. The maximum absolute atomic E-state index is 13.9. The lowest BCUT2D eigenvalue weighted by atomic mass is 10.1. The van der Waals surface area contributed by atoms with Crippen molar-refractivity contribution in [1.29, 1.82) is 0 Å². The monoisotopic (exact) mass is 380 g/mol. The molecule has 0 saturated heterocycles. The Bertz CT molecular complexity index is 1110. The predicted octanol–water partition coefficient (Wildman–Crippen LogP) is 3.49. The van der Waals surface area contributed by atoms with Gasteiger partial charge in [0.15, 0.2) is 5.69 Å². The van der Waals surface area contributed by atoms with Crippen LogP contribution in [0.1, 0.15) is 42.7 Å². The average molecular weight is 380 g/mol. The molecule has 7 heteroatoms. The van der Waals surface area contributed by atoms with Crippen molar-refractivity contribution < 1.29 is 9.18 Å². The van der Waals surface area contributed by atoms with E-state index >= 15 is 0 Å². The molecular weight excluding hydrogens is 359 g/mol. The fourth-order valence-corrected chi connectivity index (χ4v) is 2.86. The molecule has 1 heterocycles. The van der Waals surface area contributed by atoms with Crippen LogP contribution in [0.3, 0.4) is 0 Å². The molecule has 28 heavy (non-hydrogen) atoms. The minimum Gasteiger partial charge on any atom is -0.267 e. The maximum Gasteiger partial charge on any atom is 0.292 e. The number of hydrogen-bond acceptors (Lipinski definition) is 4. The van der Waals surface area contributed by atoms with Crippen LogP contribution in [0, 0.1) is 5.82 Å². The Morgan fingerprint density at radius 2 is 1.82 bits per heavy atom. The van der Waals surface area contributed by atoms with Crippen LogP contribution in [-0.2, 0) is 6.54 Å². The van der Waals surface area contributed by atoms with E-state index < -0.39 is 11.7 Å². The molecular formula is C21H21FN4O2. The predicted molar refractivity (Wildman–Crippen MR) is 107 cm³/mol. The highest BCUT2D eigenvalue weighted by Gasteiger charge is 2.16. The summed E-state index contributed by atoms with van der Waals surface area (Å²) in [5.74, 6) is -0.980. The van der Waals surface area contributed by atoms with Crippen molar-refractivity contribution in [3.05, 3.63) is 76.0 Å². The van der Waals surface area contributed by atoms with Crippen molar-refractivity contribution in [1.82, 2.24) is 15.2 Å². The normalized spacial score (nSPS) is 11.6. The summed E-state index contributed by atoms with van der Waals surface area (Å²) in [6, 6.07) is 13.0. The number of aryl methyl sites for hydroxylation is 1. The van der Waals surface area contributed by atoms with Gasteiger partial charge in [0.25, 0.3) is 11.5 Å². The second-order valence-electron chi connectivity index (χ2n) is 6.39. The smallest absolute Gasteiger partial charge is 0.267 e. The Kier molecular flexibility index (Phi) is 5.93. The Labute approximate surface area is 161 Å². The first-order valence-electron chi connectivity index (χ1n) is 9.12. The molecule has 0 bridgehead atoms. The minimum atomic E-state index is -0.558. The van der Waals surface area contributed by atoms with E-state index in [1.54, 1.807) is 49.4 Å². The number of benzene rings is 2. The second kappa shape index (κ2) is 8.56. The standard InChI is InChI=1S/C21H21FN4O2/c1-3-4-13-26-21(28)17-11-6-5-10-16(17)19(25-26)20(27)24-23-14(2)15-9-7-8-12-18(15)22/h5-12H,3-4,13H2,1-2H3,(H,24,27)/b23-14-. The molecule has 0 spiro atoms. The lowest BCUT2D eigenvalue weighted by molar-refractivity contribution is 0.0949.